The molecule has 20 heavy (non-hydrogen) atoms. The number of hydrogen-bond donors (Lipinski definition) is 0. The molecule has 3 rings (SSSR count). The fourth-order valence-corrected chi connectivity index (χ4v) is 3.23. The van der Waals surface area contributed by atoms with Crippen LogP contribution in [-0.2, 0) is 6.42 Å². The molecule has 0 radical (unpaired) electrons. The molecule has 0 amide bonds. The minimum Gasteiger partial charge on any atom is -0.296 e. The molecule has 1 heterocycles. The summed E-state index contributed by atoms with van der Waals surface area (Å²) >= 11 is 0. The van der Waals surface area contributed by atoms with Gasteiger partial charge in [0.2, 0.25) is 0 Å². The molecule has 1 saturated heterocycles. The van der Waals surface area contributed by atoms with Crippen molar-refractivity contribution in [2.24, 2.45) is 0 Å². The second-order valence-electron chi connectivity index (χ2n) is 5.86. The van der Waals surface area contributed by atoms with E-state index in [1.165, 1.54) is 42.6 Å². The maximum absolute atomic E-state index is 2.65. The number of hydrogen-bond acceptors (Lipinski definition) is 1. The van der Waals surface area contributed by atoms with Crippen molar-refractivity contribution in [1.29, 1.82) is 0 Å². The number of benzene rings is 2. The molecule has 1 unspecified atom stereocenters. The predicted octanol–water partition coefficient (Wildman–Crippen LogP) is 4.37. The van der Waals surface area contributed by atoms with Crippen LogP contribution >= 0.6 is 0 Å². The van der Waals surface area contributed by atoms with Gasteiger partial charge < -0.3 is 0 Å². The van der Waals surface area contributed by atoms with Gasteiger partial charge in [0.05, 0.1) is 0 Å². The Balaban J connectivity index is 1.87. The smallest absolute Gasteiger partial charge is 0.0388 e. The molecule has 0 saturated carbocycles. The topological polar surface area (TPSA) is 3.24 Å². The van der Waals surface area contributed by atoms with E-state index in [4.69, 9.17) is 0 Å². The molecule has 1 aliphatic rings. The Morgan fingerprint density at radius 2 is 1.70 bits per heavy atom. The first-order chi connectivity index (χ1) is 9.83. The van der Waals surface area contributed by atoms with Gasteiger partial charge in [-0.1, -0.05) is 60.2 Å². The predicted molar refractivity (Wildman–Crippen MR) is 84.9 cm³/mol. The SMILES string of the molecule is Cc1cccc(C(Cc2ccccc2)N2CCCC2)c1. The fraction of sp³-hybridized carbons (Fsp3) is 0.368. The monoisotopic (exact) mass is 265 g/mol. The summed E-state index contributed by atoms with van der Waals surface area (Å²) in [7, 11) is 0. The average molecular weight is 265 g/mol. The third kappa shape index (κ3) is 3.10. The largest absolute Gasteiger partial charge is 0.296 e. The van der Waals surface area contributed by atoms with Crippen molar-refractivity contribution in [1.82, 2.24) is 4.90 Å². The summed E-state index contributed by atoms with van der Waals surface area (Å²) in [5.41, 5.74) is 4.27. The van der Waals surface area contributed by atoms with E-state index >= 15 is 0 Å². The van der Waals surface area contributed by atoms with Gasteiger partial charge in [0, 0.05) is 6.04 Å². The van der Waals surface area contributed by atoms with Crippen molar-refractivity contribution in [3.63, 3.8) is 0 Å². The molecular formula is C19H23N. The lowest BCUT2D eigenvalue weighted by Gasteiger charge is -2.28. The zero-order valence-corrected chi connectivity index (χ0v) is 12.3. The zero-order valence-electron chi connectivity index (χ0n) is 12.3. The fourth-order valence-electron chi connectivity index (χ4n) is 3.23. The van der Waals surface area contributed by atoms with E-state index in [9.17, 15) is 0 Å². The van der Waals surface area contributed by atoms with Crippen LogP contribution in [0.5, 0.6) is 0 Å². The Kier molecular flexibility index (Phi) is 4.17. The van der Waals surface area contributed by atoms with Gasteiger partial charge in [-0.05, 0) is 50.4 Å². The van der Waals surface area contributed by atoms with Crippen molar-refractivity contribution in [2.45, 2.75) is 32.2 Å². The van der Waals surface area contributed by atoms with E-state index < -0.39 is 0 Å². The molecule has 1 aliphatic heterocycles. The van der Waals surface area contributed by atoms with Crippen LogP contribution in [-0.4, -0.2) is 18.0 Å². The molecule has 0 aliphatic carbocycles. The first kappa shape index (κ1) is 13.4. The summed E-state index contributed by atoms with van der Waals surface area (Å²) in [6.07, 6.45) is 3.80. The van der Waals surface area contributed by atoms with E-state index in [0.29, 0.717) is 6.04 Å². The van der Waals surface area contributed by atoms with Crippen LogP contribution < -0.4 is 0 Å². The third-order valence-corrected chi connectivity index (χ3v) is 4.28. The molecule has 1 atom stereocenters. The first-order valence-corrected chi connectivity index (χ1v) is 7.67. The summed E-state index contributed by atoms with van der Waals surface area (Å²) in [5, 5.41) is 0. The highest BCUT2D eigenvalue weighted by Gasteiger charge is 2.23. The highest BCUT2D eigenvalue weighted by atomic mass is 15.2. The minimum absolute atomic E-state index is 0.528. The highest BCUT2D eigenvalue weighted by molar-refractivity contribution is 5.28. The summed E-state index contributed by atoms with van der Waals surface area (Å²) in [4.78, 5) is 2.65. The zero-order chi connectivity index (χ0) is 13.8. The molecule has 2 aromatic carbocycles. The molecule has 0 spiro atoms. The Morgan fingerprint density at radius 3 is 2.40 bits per heavy atom. The number of rotatable bonds is 4. The van der Waals surface area contributed by atoms with Crippen LogP contribution in [0.4, 0.5) is 0 Å². The van der Waals surface area contributed by atoms with Crippen molar-refractivity contribution in [3.8, 4) is 0 Å². The maximum atomic E-state index is 2.65. The molecule has 0 aromatic heterocycles. The van der Waals surface area contributed by atoms with Gasteiger partial charge >= 0.3 is 0 Å². The van der Waals surface area contributed by atoms with E-state index in [1.54, 1.807) is 0 Å². The number of likely N-dealkylation sites (tertiary alicyclic amines) is 1. The summed E-state index contributed by atoms with van der Waals surface area (Å²) in [6.45, 7) is 4.67. The lowest BCUT2D eigenvalue weighted by Crippen LogP contribution is -2.27. The Bertz CT molecular complexity index is 541. The summed E-state index contributed by atoms with van der Waals surface area (Å²) < 4.78 is 0. The molecule has 104 valence electrons. The van der Waals surface area contributed by atoms with Crippen molar-refractivity contribution in [2.75, 3.05) is 13.1 Å². The van der Waals surface area contributed by atoms with Gasteiger partial charge in [-0.15, -0.1) is 0 Å². The van der Waals surface area contributed by atoms with Gasteiger partial charge in [-0.3, -0.25) is 4.90 Å². The minimum atomic E-state index is 0.528. The van der Waals surface area contributed by atoms with Crippen molar-refractivity contribution < 1.29 is 0 Å². The van der Waals surface area contributed by atoms with E-state index in [2.05, 4.69) is 66.4 Å². The molecular weight excluding hydrogens is 242 g/mol. The summed E-state index contributed by atoms with van der Waals surface area (Å²) in [5.74, 6) is 0. The van der Waals surface area contributed by atoms with Gasteiger partial charge in [0.15, 0.2) is 0 Å². The molecule has 0 bridgehead atoms. The Hall–Kier alpha value is -1.60. The lowest BCUT2D eigenvalue weighted by atomic mass is 9.96. The first-order valence-electron chi connectivity index (χ1n) is 7.67. The summed E-state index contributed by atoms with van der Waals surface area (Å²) in [6, 6.07) is 20.4. The second-order valence-corrected chi connectivity index (χ2v) is 5.86. The van der Waals surface area contributed by atoms with Crippen LogP contribution in [0.1, 0.15) is 35.6 Å². The molecule has 1 nitrogen and oxygen atoms in total. The van der Waals surface area contributed by atoms with Crippen LogP contribution in [0.3, 0.4) is 0 Å². The highest BCUT2D eigenvalue weighted by Crippen LogP contribution is 2.29. The van der Waals surface area contributed by atoms with E-state index in [1.807, 2.05) is 0 Å². The molecule has 0 N–H and O–H groups in total. The van der Waals surface area contributed by atoms with Crippen molar-refractivity contribution >= 4 is 0 Å². The van der Waals surface area contributed by atoms with Crippen LogP contribution in [0.2, 0.25) is 0 Å². The molecule has 1 fully saturated rings. The standard InChI is InChI=1S/C19H23N/c1-16-8-7-11-18(14-16)19(20-12-5-6-13-20)15-17-9-3-2-4-10-17/h2-4,7-11,14,19H,5-6,12-13,15H2,1H3. The molecule has 2 aromatic rings. The second kappa shape index (κ2) is 6.23. The van der Waals surface area contributed by atoms with Crippen LogP contribution in [0, 0.1) is 6.92 Å². The lowest BCUT2D eigenvalue weighted by molar-refractivity contribution is 0.244. The van der Waals surface area contributed by atoms with Gasteiger partial charge in [0.1, 0.15) is 0 Å². The Morgan fingerprint density at radius 1 is 0.950 bits per heavy atom. The number of nitrogens with zero attached hydrogens (tertiary/aromatic N) is 1. The quantitative estimate of drug-likeness (QED) is 0.793. The van der Waals surface area contributed by atoms with E-state index in [-0.39, 0.29) is 0 Å². The normalized spacial score (nSPS) is 17.2. The van der Waals surface area contributed by atoms with Crippen LogP contribution in [0.25, 0.3) is 0 Å². The number of aryl methyl sites for hydroxylation is 1. The van der Waals surface area contributed by atoms with Crippen LogP contribution in [0.15, 0.2) is 54.6 Å². The maximum Gasteiger partial charge on any atom is 0.0388 e. The van der Waals surface area contributed by atoms with Gasteiger partial charge in [0.25, 0.3) is 0 Å². The Labute approximate surface area is 122 Å². The van der Waals surface area contributed by atoms with Crippen molar-refractivity contribution in [3.05, 3.63) is 71.3 Å². The molecule has 1 heteroatoms. The van der Waals surface area contributed by atoms with E-state index in [0.717, 1.165) is 6.42 Å². The van der Waals surface area contributed by atoms with Gasteiger partial charge in [-0.25, -0.2) is 0 Å². The third-order valence-electron chi connectivity index (χ3n) is 4.28. The van der Waals surface area contributed by atoms with Gasteiger partial charge in [-0.2, -0.15) is 0 Å². The average Bonchev–Trinajstić information content (AvgIpc) is 3.00.